The summed E-state index contributed by atoms with van der Waals surface area (Å²) < 4.78 is 5.71. The van der Waals surface area contributed by atoms with E-state index in [4.69, 9.17) is 4.43 Å². The summed E-state index contributed by atoms with van der Waals surface area (Å²) in [5.41, 5.74) is 3.21. The second-order valence-electron chi connectivity index (χ2n) is 9.66. The Labute approximate surface area is 161 Å². The second kappa shape index (κ2) is 7.05. The van der Waals surface area contributed by atoms with Gasteiger partial charge in [0.15, 0.2) is 0 Å². The number of fused-ring (bicyclic) bond motifs is 5. The normalized spacial score (nSPS) is 44.4. The Hall–Kier alpha value is -0.673. The Morgan fingerprint density at radius 1 is 1.23 bits per heavy atom. The average Bonchev–Trinajstić information content (AvgIpc) is 2.97. The van der Waals surface area contributed by atoms with Crippen LogP contribution < -0.4 is 0 Å². The van der Waals surface area contributed by atoms with Gasteiger partial charge in [-0.1, -0.05) is 26.0 Å². The first kappa shape index (κ1) is 18.7. The van der Waals surface area contributed by atoms with Gasteiger partial charge in [-0.15, -0.1) is 0 Å². The minimum Gasteiger partial charge on any atom is -0.418 e. The third-order valence-corrected chi connectivity index (χ3v) is 9.33. The molecule has 0 heterocycles. The van der Waals surface area contributed by atoms with Crippen LogP contribution >= 0.6 is 0 Å². The molecule has 142 valence electrons. The van der Waals surface area contributed by atoms with Gasteiger partial charge in [0.25, 0.3) is 0 Å². The largest absolute Gasteiger partial charge is 0.418 e. The molecule has 0 amide bonds. The van der Waals surface area contributed by atoms with Crippen LogP contribution in [0.5, 0.6) is 0 Å². The molecule has 0 bridgehead atoms. The van der Waals surface area contributed by atoms with E-state index in [-0.39, 0.29) is 5.41 Å². The Bertz CT molecular complexity index is 624. The van der Waals surface area contributed by atoms with Crippen LogP contribution in [0.2, 0.25) is 6.55 Å². The quantitative estimate of drug-likeness (QED) is 0.369. The molecule has 2 fully saturated rings. The van der Waals surface area contributed by atoms with Crippen LogP contribution in [0.25, 0.3) is 0 Å². The van der Waals surface area contributed by atoms with E-state index in [1.165, 1.54) is 56.8 Å². The molecule has 2 radical (unpaired) electrons. The lowest BCUT2D eigenvalue weighted by atomic mass is 9.47. The fourth-order valence-electron chi connectivity index (χ4n) is 7.49. The molecule has 0 aromatic carbocycles. The molecule has 0 aromatic rings. The zero-order valence-corrected chi connectivity index (χ0v) is 17.7. The molecule has 6 atom stereocenters. The van der Waals surface area contributed by atoms with Gasteiger partial charge in [0, 0.05) is 6.61 Å². The van der Waals surface area contributed by atoms with Gasteiger partial charge in [-0.2, -0.15) is 0 Å². The van der Waals surface area contributed by atoms with Crippen molar-refractivity contribution in [2.45, 2.75) is 71.8 Å². The van der Waals surface area contributed by atoms with E-state index in [2.05, 4.69) is 32.5 Å². The van der Waals surface area contributed by atoms with Gasteiger partial charge in [-0.3, -0.25) is 4.79 Å². The van der Waals surface area contributed by atoms with Crippen LogP contribution in [0, 0.1) is 34.5 Å². The van der Waals surface area contributed by atoms with Crippen LogP contribution in [0.4, 0.5) is 0 Å². The summed E-state index contributed by atoms with van der Waals surface area (Å²) in [6, 6.07) is 0. The third-order valence-electron chi connectivity index (χ3n) is 8.84. The van der Waals surface area contributed by atoms with E-state index in [9.17, 15) is 4.79 Å². The molecule has 0 saturated heterocycles. The minimum absolute atomic E-state index is 0.236. The summed E-state index contributed by atoms with van der Waals surface area (Å²) in [5.74, 6) is 3.10. The highest BCUT2D eigenvalue weighted by Crippen LogP contribution is 2.66. The van der Waals surface area contributed by atoms with Crippen molar-refractivity contribution in [1.82, 2.24) is 0 Å². The van der Waals surface area contributed by atoms with Gasteiger partial charge in [0.1, 0.15) is 6.29 Å². The Morgan fingerprint density at radius 2 is 2.08 bits per heavy atom. The van der Waals surface area contributed by atoms with Gasteiger partial charge in [-0.05, 0) is 104 Å². The minimum atomic E-state index is 0.236. The summed E-state index contributed by atoms with van der Waals surface area (Å²) >= 11 is 0. The van der Waals surface area contributed by atoms with Gasteiger partial charge in [-0.25, -0.2) is 0 Å². The van der Waals surface area contributed by atoms with Crippen molar-refractivity contribution >= 4 is 16.0 Å². The predicted octanol–water partition coefficient (Wildman–Crippen LogP) is 5.37. The van der Waals surface area contributed by atoms with Gasteiger partial charge < -0.3 is 4.43 Å². The third kappa shape index (κ3) is 2.72. The zero-order valence-electron chi connectivity index (χ0n) is 16.7. The molecule has 3 heteroatoms. The predicted molar refractivity (Wildman–Crippen MR) is 107 cm³/mol. The van der Waals surface area contributed by atoms with E-state index in [1.54, 1.807) is 0 Å². The van der Waals surface area contributed by atoms with Crippen molar-refractivity contribution in [2.75, 3.05) is 6.61 Å². The van der Waals surface area contributed by atoms with Gasteiger partial charge in [0.05, 0.1) is 0 Å². The topological polar surface area (TPSA) is 26.3 Å². The maximum Gasteiger partial charge on any atom is 0.226 e. The summed E-state index contributed by atoms with van der Waals surface area (Å²) in [4.78, 5) is 11.9. The number of allylic oxidation sites excluding steroid dienone is 4. The highest BCUT2D eigenvalue weighted by molar-refractivity contribution is 6.24. The van der Waals surface area contributed by atoms with Gasteiger partial charge >= 0.3 is 0 Å². The smallest absolute Gasteiger partial charge is 0.226 e. The average molecular weight is 371 g/mol. The molecular weight excluding hydrogens is 336 g/mol. The van der Waals surface area contributed by atoms with Crippen LogP contribution in [0.15, 0.2) is 23.3 Å². The van der Waals surface area contributed by atoms with E-state index in [0.717, 1.165) is 36.4 Å². The lowest BCUT2D eigenvalue weighted by molar-refractivity contribution is -0.106. The Kier molecular flexibility index (Phi) is 5.07. The highest BCUT2D eigenvalue weighted by atomic mass is 28.2. The lowest BCUT2D eigenvalue weighted by Gasteiger charge is -2.57. The van der Waals surface area contributed by atoms with Crippen molar-refractivity contribution < 1.29 is 9.22 Å². The van der Waals surface area contributed by atoms with Crippen LogP contribution in [-0.2, 0) is 9.22 Å². The highest BCUT2D eigenvalue weighted by Gasteiger charge is 2.58. The zero-order chi connectivity index (χ0) is 18.4. The molecule has 26 heavy (non-hydrogen) atoms. The molecule has 0 spiro atoms. The van der Waals surface area contributed by atoms with E-state index in [1.807, 2.05) is 0 Å². The number of hydrogen-bond donors (Lipinski definition) is 0. The standard InChI is InChI=1S/C23H34O2Si/c1-22-12-9-21-18(20(22)8-7-17(22)10-13-25-26-3)14-16(15-24)19-6-4-5-11-23(19,21)2/h4,6,15,17-18,20-21H,5,7-14H2,1-3H3/t17-,18+,20+,21+,22-,23+/m1/s1. The molecule has 2 saturated carbocycles. The summed E-state index contributed by atoms with van der Waals surface area (Å²) in [6.07, 6.45) is 15.9. The van der Waals surface area contributed by atoms with Crippen molar-refractivity contribution in [1.29, 1.82) is 0 Å². The number of hydrogen-bond acceptors (Lipinski definition) is 2. The van der Waals surface area contributed by atoms with E-state index in [0.29, 0.717) is 21.1 Å². The SMILES string of the molecule is C[Si]OCC[C@H]1CC[C@H]2[C@@H]3CC(C=O)=C4C=CCC[C@]4(C)[C@H]3CC[C@]12C. The first-order valence-corrected chi connectivity index (χ1v) is 12.1. The van der Waals surface area contributed by atoms with Gasteiger partial charge in [0.2, 0.25) is 9.76 Å². The molecular formula is C23H34O2Si. The molecule has 4 aliphatic rings. The lowest BCUT2D eigenvalue weighted by Crippen LogP contribution is -2.50. The molecule has 0 aliphatic heterocycles. The van der Waals surface area contributed by atoms with Crippen molar-refractivity contribution in [3.8, 4) is 0 Å². The second-order valence-corrected chi connectivity index (χ2v) is 10.4. The fourth-order valence-corrected chi connectivity index (χ4v) is 7.82. The number of rotatable bonds is 5. The Balaban J connectivity index is 1.62. The summed E-state index contributed by atoms with van der Waals surface area (Å²) in [7, 11) is 0.612. The molecule has 2 nitrogen and oxygen atoms in total. The molecule has 0 aromatic heterocycles. The van der Waals surface area contributed by atoms with E-state index < -0.39 is 0 Å². The molecule has 4 rings (SSSR count). The summed E-state index contributed by atoms with van der Waals surface area (Å²) in [6.45, 7) is 8.10. The fraction of sp³-hybridized carbons (Fsp3) is 0.783. The first-order chi connectivity index (χ1) is 12.5. The molecule has 0 unspecified atom stereocenters. The first-order valence-electron chi connectivity index (χ1n) is 10.7. The number of aldehydes is 1. The van der Waals surface area contributed by atoms with Crippen LogP contribution in [-0.4, -0.2) is 22.7 Å². The number of carbonyl (C=O) groups is 1. The van der Waals surface area contributed by atoms with Crippen LogP contribution in [0.3, 0.4) is 0 Å². The molecule has 0 N–H and O–H groups in total. The molecule has 4 aliphatic carbocycles. The summed E-state index contributed by atoms with van der Waals surface area (Å²) in [5, 5.41) is 0. The number of carbonyl (C=O) groups excluding carboxylic acids is 1. The van der Waals surface area contributed by atoms with E-state index >= 15 is 0 Å². The monoisotopic (exact) mass is 370 g/mol. The maximum absolute atomic E-state index is 11.9. The van der Waals surface area contributed by atoms with Crippen molar-refractivity contribution in [2.24, 2.45) is 34.5 Å². The van der Waals surface area contributed by atoms with Crippen LogP contribution in [0.1, 0.15) is 65.2 Å². The maximum atomic E-state index is 11.9. The van der Waals surface area contributed by atoms with Crippen molar-refractivity contribution in [3.05, 3.63) is 23.3 Å². The Morgan fingerprint density at radius 3 is 2.85 bits per heavy atom. The van der Waals surface area contributed by atoms with Crippen molar-refractivity contribution in [3.63, 3.8) is 0 Å².